The molecule has 2 rings (SSSR count). The Bertz CT molecular complexity index is 649. The van der Waals surface area contributed by atoms with Crippen molar-refractivity contribution in [2.24, 2.45) is 4.99 Å². The maximum absolute atomic E-state index is 13.0. The van der Waals surface area contributed by atoms with Gasteiger partial charge in [-0.1, -0.05) is 31.1 Å². The molecule has 0 fully saturated rings. The number of aromatic nitrogens is 1. The van der Waals surface area contributed by atoms with Gasteiger partial charge in [0.1, 0.15) is 5.82 Å². The molecule has 1 aromatic heterocycles. The van der Waals surface area contributed by atoms with Gasteiger partial charge in [0, 0.05) is 26.7 Å². The number of aliphatic imine (C=N–C) groups is 1. The quantitative estimate of drug-likeness (QED) is 0.680. The molecule has 0 saturated carbocycles. The highest BCUT2D eigenvalue weighted by Gasteiger charge is 2.10. The summed E-state index contributed by atoms with van der Waals surface area (Å²) in [7, 11) is 3.65. The lowest BCUT2D eigenvalue weighted by Gasteiger charge is -2.21. The maximum Gasteiger partial charge on any atom is 0.194 e. The number of benzene rings is 1. The van der Waals surface area contributed by atoms with Crippen molar-refractivity contribution in [1.29, 1.82) is 0 Å². The van der Waals surface area contributed by atoms with Crippen LogP contribution >= 0.6 is 0 Å². The average molecular weight is 318 g/mol. The lowest BCUT2D eigenvalue weighted by molar-refractivity contribution is 0.369. The molecule has 0 bridgehead atoms. The topological polar surface area (TPSA) is 53.7 Å². The summed E-state index contributed by atoms with van der Waals surface area (Å²) in [6.45, 7) is 5.29. The molecule has 0 radical (unpaired) electrons. The smallest absolute Gasteiger partial charge is 0.194 e. The van der Waals surface area contributed by atoms with E-state index in [0.717, 1.165) is 23.0 Å². The van der Waals surface area contributed by atoms with E-state index in [0.29, 0.717) is 19.0 Å². The fourth-order valence-corrected chi connectivity index (χ4v) is 2.17. The first-order valence-corrected chi connectivity index (χ1v) is 7.61. The minimum Gasteiger partial charge on any atom is -0.359 e. The van der Waals surface area contributed by atoms with Crippen LogP contribution in [0.5, 0.6) is 0 Å². The molecule has 5 nitrogen and oxygen atoms in total. The highest BCUT2D eigenvalue weighted by atomic mass is 19.1. The van der Waals surface area contributed by atoms with Crippen LogP contribution in [-0.4, -0.2) is 30.1 Å². The predicted octanol–water partition coefficient (Wildman–Crippen LogP) is 3.14. The van der Waals surface area contributed by atoms with Crippen LogP contribution in [0, 0.1) is 5.82 Å². The van der Waals surface area contributed by atoms with Gasteiger partial charge in [0.15, 0.2) is 11.7 Å². The van der Waals surface area contributed by atoms with E-state index in [1.807, 2.05) is 18.0 Å². The summed E-state index contributed by atoms with van der Waals surface area (Å²) in [4.78, 5) is 6.22. The van der Waals surface area contributed by atoms with Gasteiger partial charge in [0.05, 0.1) is 12.2 Å². The summed E-state index contributed by atoms with van der Waals surface area (Å²) in [5, 5.41) is 7.27. The third kappa shape index (κ3) is 4.81. The summed E-state index contributed by atoms with van der Waals surface area (Å²) >= 11 is 0. The third-order valence-electron chi connectivity index (χ3n) is 3.50. The average Bonchev–Trinajstić information content (AvgIpc) is 2.99. The lowest BCUT2D eigenvalue weighted by Crippen LogP contribution is -2.37. The molecule has 0 aliphatic heterocycles. The van der Waals surface area contributed by atoms with Gasteiger partial charge in [-0.2, -0.15) is 0 Å². The first kappa shape index (κ1) is 17.0. The first-order valence-electron chi connectivity index (χ1n) is 7.61. The van der Waals surface area contributed by atoms with Crippen LogP contribution in [0.15, 0.2) is 39.8 Å². The Balaban J connectivity index is 1.92. The van der Waals surface area contributed by atoms with Gasteiger partial charge in [-0.05, 0) is 23.6 Å². The van der Waals surface area contributed by atoms with E-state index in [-0.39, 0.29) is 5.82 Å². The van der Waals surface area contributed by atoms with Crippen molar-refractivity contribution >= 4 is 5.96 Å². The Hall–Kier alpha value is -2.37. The normalized spacial score (nSPS) is 11.8. The lowest BCUT2D eigenvalue weighted by atomic mass is 10.1. The van der Waals surface area contributed by atoms with Gasteiger partial charge in [-0.3, -0.25) is 4.99 Å². The van der Waals surface area contributed by atoms with Crippen LogP contribution in [0.25, 0.3) is 0 Å². The monoisotopic (exact) mass is 318 g/mol. The second-order valence-corrected chi connectivity index (χ2v) is 5.76. The van der Waals surface area contributed by atoms with E-state index in [1.165, 1.54) is 12.1 Å². The van der Waals surface area contributed by atoms with E-state index in [1.54, 1.807) is 19.2 Å². The van der Waals surface area contributed by atoms with E-state index < -0.39 is 0 Å². The van der Waals surface area contributed by atoms with Crippen LogP contribution < -0.4 is 5.32 Å². The van der Waals surface area contributed by atoms with Gasteiger partial charge in [-0.15, -0.1) is 0 Å². The van der Waals surface area contributed by atoms with Gasteiger partial charge in [-0.25, -0.2) is 4.39 Å². The Morgan fingerprint density at radius 2 is 2.04 bits per heavy atom. The number of hydrogen-bond donors (Lipinski definition) is 1. The molecule has 0 atom stereocenters. The van der Waals surface area contributed by atoms with Crippen LogP contribution in [0.4, 0.5) is 4.39 Å². The summed E-state index contributed by atoms with van der Waals surface area (Å²) in [5.41, 5.74) is 1.95. The highest BCUT2D eigenvalue weighted by Crippen LogP contribution is 2.14. The van der Waals surface area contributed by atoms with E-state index in [2.05, 4.69) is 29.3 Å². The molecule has 0 saturated heterocycles. The first-order chi connectivity index (χ1) is 11.0. The van der Waals surface area contributed by atoms with E-state index >= 15 is 0 Å². The predicted molar refractivity (Wildman–Crippen MR) is 88.7 cm³/mol. The molecule has 1 aromatic carbocycles. The van der Waals surface area contributed by atoms with Crippen LogP contribution in [-0.2, 0) is 13.1 Å². The molecule has 2 aromatic rings. The zero-order valence-corrected chi connectivity index (χ0v) is 14.0. The second kappa shape index (κ2) is 7.76. The second-order valence-electron chi connectivity index (χ2n) is 5.76. The maximum atomic E-state index is 13.0. The Morgan fingerprint density at radius 3 is 2.61 bits per heavy atom. The number of guanidine groups is 1. The van der Waals surface area contributed by atoms with Crippen molar-refractivity contribution in [2.75, 3.05) is 14.1 Å². The summed E-state index contributed by atoms with van der Waals surface area (Å²) in [6, 6.07) is 8.41. The largest absolute Gasteiger partial charge is 0.359 e. The van der Waals surface area contributed by atoms with E-state index in [4.69, 9.17) is 4.52 Å². The zero-order chi connectivity index (χ0) is 16.8. The molecular weight excluding hydrogens is 295 g/mol. The summed E-state index contributed by atoms with van der Waals surface area (Å²) in [6.07, 6.45) is 0. The number of hydrogen-bond acceptors (Lipinski definition) is 3. The number of halogens is 1. The Labute approximate surface area is 136 Å². The fraction of sp³-hybridized carbons (Fsp3) is 0.412. The van der Waals surface area contributed by atoms with Crippen molar-refractivity contribution in [3.63, 3.8) is 0 Å². The Morgan fingerprint density at radius 1 is 1.35 bits per heavy atom. The van der Waals surface area contributed by atoms with Gasteiger partial charge < -0.3 is 14.7 Å². The number of rotatable bonds is 5. The van der Waals surface area contributed by atoms with Gasteiger partial charge in [0.25, 0.3) is 0 Å². The number of nitrogens with one attached hydrogen (secondary N) is 1. The van der Waals surface area contributed by atoms with Crippen LogP contribution in [0.1, 0.15) is 36.8 Å². The van der Waals surface area contributed by atoms with E-state index in [9.17, 15) is 4.39 Å². The highest BCUT2D eigenvalue weighted by molar-refractivity contribution is 5.79. The minimum absolute atomic E-state index is 0.231. The molecule has 1 heterocycles. The van der Waals surface area contributed by atoms with Crippen molar-refractivity contribution in [2.45, 2.75) is 32.9 Å². The molecule has 1 N–H and O–H groups in total. The van der Waals surface area contributed by atoms with Gasteiger partial charge in [0.2, 0.25) is 0 Å². The summed E-state index contributed by atoms with van der Waals surface area (Å²) < 4.78 is 18.3. The molecule has 6 heteroatoms. The van der Waals surface area contributed by atoms with Crippen LogP contribution in [0.3, 0.4) is 0 Å². The summed E-state index contributed by atoms with van der Waals surface area (Å²) in [5.74, 6) is 1.61. The van der Waals surface area contributed by atoms with Crippen LogP contribution in [0.2, 0.25) is 0 Å². The standard InChI is InChI=1S/C17H23FN4O/c1-12(2)16-9-15(23-21-16)10-20-17(19-3)22(4)11-13-5-7-14(18)8-6-13/h5-9,12H,10-11H2,1-4H3,(H,19,20). The molecule has 0 spiro atoms. The Kier molecular flexibility index (Phi) is 5.73. The third-order valence-corrected chi connectivity index (χ3v) is 3.50. The molecule has 0 aliphatic carbocycles. The molecule has 0 unspecified atom stereocenters. The minimum atomic E-state index is -0.231. The van der Waals surface area contributed by atoms with Crippen molar-refractivity contribution in [1.82, 2.24) is 15.4 Å². The van der Waals surface area contributed by atoms with Crippen molar-refractivity contribution < 1.29 is 8.91 Å². The molecular formula is C17H23FN4O. The van der Waals surface area contributed by atoms with Crippen molar-refractivity contribution in [3.8, 4) is 0 Å². The molecule has 124 valence electrons. The fourth-order valence-electron chi connectivity index (χ4n) is 2.17. The molecule has 23 heavy (non-hydrogen) atoms. The number of nitrogens with zero attached hydrogens (tertiary/aromatic N) is 3. The SMILES string of the molecule is CN=C(NCc1cc(C(C)C)no1)N(C)Cc1ccc(F)cc1. The van der Waals surface area contributed by atoms with Crippen molar-refractivity contribution in [3.05, 3.63) is 53.2 Å². The zero-order valence-electron chi connectivity index (χ0n) is 14.0. The molecule has 0 aliphatic rings. The molecule has 0 amide bonds. The van der Waals surface area contributed by atoms with Gasteiger partial charge >= 0.3 is 0 Å².